The maximum atomic E-state index is 12.3. The number of ether oxygens (including phenoxy) is 1. The lowest BCUT2D eigenvalue weighted by molar-refractivity contribution is 0.0955. The fraction of sp³-hybridized carbons (Fsp3) is 0.211. The lowest BCUT2D eigenvalue weighted by Gasteiger charge is -2.01. The topological polar surface area (TPSA) is 79.4 Å². The minimum atomic E-state index is -0.279. The second-order valence-corrected chi connectivity index (χ2v) is 7.48. The van der Waals surface area contributed by atoms with Gasteiger partial charge < -0.3 is 9.72 Å². The Morgan fingerprint density at radius 1 is 1.31 bits per heavy atom. The molecule has 0 radical (unpaired) electrons. The molecule has 3 rings (SSSR count). The van der Waals surface area contributed by atoms with Crippen molar-refractivity contribution >= 4 is 34.9 Å². The number of amides is 1. The first-order valence-corrected chi connectivity index (χ1v) is 9.07. The number of benzene rings is 2. The Labute approximate surface area is 156 Å². The van der Waals surface area contributed by atoms with Crippen molar-refractivity contribution in [2.24, 2.45) is 5.10 Å². The molecule has 6 nitrogen and oxygen atoms in total. The van der Waals surface area contributed by atoms with Crippen LogP contribution in [-0.4, -0.2) is 34.4 Å². The summed E-state index contributed by atoms with van der Waals surface area (Å²) < 4.78 is 5.16. The van der Waals surface area contributed by atoms with Crippen molar-refractivity contribution in [3.8, 4) is 5.75 Å². The summed E-state index contributed by atoms with van der Waals surface area (Å²) in [4.78, 5) is 20.0. The first kappa shape index (κ1) is 18.0. The van der Waals surface area contributed by atoms with Crippen molar-refractivity contribution < 1.29 is 9.53 Å². The van der Waals surface area contributed by atoms with E-state index in [0.717, 1.165) is 27.5 Å². The van der Waals surface area contributed by atoms with Gasteiger partial charge in [0.15, 0.2) is 5.16 Å². The largest absolute Gasteiger partial charge is 0.497 e. The van der Waals surface area contributed by atoms with E-state index in [2.05, 4.69) is 34.3 Å². The van der Waals surface area contributed by atoms with Gasteiger partial charge in [-0.2, -0.15) is 5.10 Å². The number of thioether (sulfide) groups is 1. The number of hydrogen-bond acceptors (Lipinski definition) is 5. The van der Waals surface area contributed by atoms with Crippen molar-refractivity contribution in [3.63, 3.8) is 0 Å². The molecule has 2 N–H and O–H groups in total. The monoisotopic (exact) mass is 368 g/mol. The Morgan fingerprint density at radius 2 is 2.15 bits per heavy atom. The summed E-state index contributed by atoms with van der Waals surface area (Å²) in [5.74, 6) is 0.457. The summed E-state index contributed by atoms with van der Waals surface area (Å²) in [6, 6.07) is 12.8. The van der Waals surface area contributed by atoms with E-state index in [9.17, 15) is 4.79 Å². The number of fused-ring (bicyclic) bond motifs is 1. The minimum Gasteiger partial charge on any atom is -0.497 e. The number of methoxy groups -OCH3 is 1. The number of H-pyrrole nitrogens is 1. The molecular weight excluding hydrogens is 348 g/mol. The van der Waals surface area contributed by atoms with Crippen molar-refractivity contribution in [1.82, 2.24) is 15.4 Å². The zero-order chi connectivity index (χ0) is 18.5. The highest BCUT2D eigenvalue weighted by Crippen LogP contribution is 2.23. The van der Waals surface area contributed by atoms with Crippen molar-refractivity contribution in [1.29, 1.82) is 0 Å². The molecule has 0 spiro atoms. The number of aromatic nitrogens is 2. The van der Waals surface area contributed by atoms with Gasteiger partial charge in [-0.1, -0.05) is 37.7 Å². The first-order chi connectivity index (χ1) is 12.5. The number of hydrogen-bond donors (Lipinski definition) is 2. The summed E-state index contributed by atoms with van der Waals surface area (Å²) >= 11 is 1.65. The molecule has 1 heterocycles. The number of aromatic amines is 1. The fourth-order valence-corrected chi connectivity index (χ4v) is 3.12. The van der Waals surface area contributed by atoms with Crippen LogP contribution in [0, 0.1) is 0 Å². The molecule has 0 aliphatic carbocycles. The first-order valence-electron chi connectivity index (χ1n) is 8.19. The second-order valence-electron chi connectivity index (χ2n) is 5.92. The molecule has 26 heavy (non-hydrogen) atoms. The van der Waals surface area contributed by atoms with Crippen LogP contribution in [0.3, 0.4) is 0 Å². The van der Waals surface area contributed by atoms with Crippen LogP contribution >= 0.6 is 11.8 Å². The average Bonchev–Trinajstić information content (AvgIpc) is 3.02. The van der Waals surface area contributed by atoms with E-state index in [0.29, 0.717) is 10.8 Å². The summed E-state index contributed by atoms with van der Waals surface area (Å²) in [6.07, 6.45) is 1.58. The quantitative estimate of drug-likeness (QED) is 0.394. The standard InChI is InChI=1S/C19H20N4O2S/c1-12(2)26-19-21-16-8-7-14(10-17(16)22-19)18(24)23-20-11-13-5-4-6-15(9-13)25-3/h4-12H,1-3H3,(H,21,22)(H,23,24)/b20-11-. The molecule has 7 heteroatoms. The van der Waals surface area contributed by atoms with Gasteiger partial charge in [0.2, 0.25) is 0 Å². The third-order valence-corrected chi connectivity index (χ3v) is 4.43. The lowest BCUT2D eigenvalue weighted by atomic mass is 10.2. The van der Waals surface area contributed by atoms with Crippen LogP contribution in [-0.2, 0) is 0 Å². The molecular formula is C19H20N4O2S. The molecule has 0 unspecified atom stereocenters. The Morgan fingerprint density at radius 3 is 2.92 bits per heavy atom. The smallest absolute Gasteiger partial charge is 0.271 e. The predicted octanol–water partition coefficient (Wildman–Crippen LogP) is 3.84. The Kier molecular flexibility index (Phi) is 5.58. The molecule has 3 aromatic rings. The molecule has 1 aromatic heterocycles. The minimum absolute atomic E-state index is 0.279. The SMILES string of the molecule is COc1cccc(/C=N\NC(=O)c2ccc3nc(SC(C)C)[nH]c3c2)c1. The van der Waals surface area contributed by atoms with Crippen LogP contribution in [0.1, 0.15) is 29.8 Å². The molecule has 0 atom stereocenters. The van der Waals surface area contributed by atoms with Gasteiger partial charge in [0.25, 0.3) is 5.91 Å². The van der Waals surface area contributed by atoms with E-state index >= 15 is 0 Å². The normalized spacial score (nSPS) is 11.4. The molecule has 0 saturated heterocycles. The van der Waals surface area contributed by atoms with E-state index in [-0.39, 0.29) is 5.91 Å². The molecule has 1 amide bonds. The Hall–Kier alpha value is -2.80. The molecule has 0 aliphatic heterocycles. The van der Waals surface area contributed by atoms with E-state index in [4.69, 9.17) is 4.74 Å². The third-order valence-electron chi connectivity index (χ3n) is 3.54. The fourth-order valence-electron chi connectivity index (χ4n) is 2.36. The molecule has 0 fully saturated rings. The highest BCUT2D eigenvalue weighted by atomic mass is 32.2. The molecule has 0 bridgehead atoms. The van der Waals surface area contributed by atoms with Gasteiger partial charge in [-0.15, -0.1) is 0 Å². The maximum Gasteiger partial charge on any atom is 0.271 e. The van der Waals surface area contributed by atoms with E-state index < -0.39 is 0 Å². The van der Waals surface area contributed by atoms with E-state index in [1.54, 1.807) is 37.2 Å². The van der Waals surface area contributed by atoms with Gasteiger partial charge in [-0.25, -0.2) is 10.4 Å². The number of nitrogens with zero attached hydrogens (tertiary/aromatic N) is 2. The Balaban J connectivity index is 1.69. The third kappa shape index (κ3) is 4.43. The van der Waals surface area contributed by atoms with E-state index in [1.165, 1.54) is 0 Å². The number of hydrazone groups is 1. The molecule has 134 valence electrons. The Bertz CT molecular complexity index is 950. The number of nitrogens with one attached hydrogen (secondary N) is 2. The van der Waals surface area contributed by atoms with Crippen molar-refractivity contribution in [3.05, 3.63) is 53.6 Å². The van der Waals surface area contributed by atoms with Crippen LogP contribution in [0.2, 0.25) is 0 Å². The molecule has 2 aromatic carbocycles. The second kappa shape index (κ2) is 8.05. The number of carbonyl (C=O) groups is 1. The summed E-state index contributed by atoms with van der Waals surface area (Å²) in [5, 5.41) is 5.29. The van der Waals surface area contributed by atoms with Gasteiger partial charge >= 0.3 is 0 Å². The maximum absolute atomic E-state index is 12.3. The van der Waals surface area contributed by atoms with Crippen LogP contribution in [0.4, 0.5) is 0 Å². The number of carbonyl (C=O) groups excluding carboxylic acids is 1. The van der Waals surface area contributed by atoms with Crippen LogP contribution in [0.25, 0.3) is 11.0 Å². The summed E-state index contributed by atoms with van der Waals surface area (Å²) in [5.41, 5.74) is 5.56. The molecule has 0 aliphatic rings. The van der Waals surface area contributed by atoms with Gasteiger partial charge in [0.05, 0.1) is 24.4 Å². The number of rotatable bonds is 6. The van der Waals surface area contributed by atoms with Gasteiger partial charge in [0.1, 0.15) is 5.75 Å². The van der Waals surface area contributed by atoms with Gasteiger partial charge in [0, 0.05) is 10.8 Å². The van der Waals surface area contributed by atoms with Crippen LogP contribution < -0.4 is 10.2 Å². The van der Waals surface area contributed by atoms with Gasteiger partial charge in [-0.3, -0.25) is 4.79 Å². The zero-order valence-electron chi connectivity index (χ0n) is 14.8. The highest BCUT2D eigenvalue weighted by molar-refractivity contribution is 7.99. The van der Waals surface area contributed by atoms with Gasteiger partial charge in [-0.05, 0) is 35.9 Å². The summed E-state index contributed by atoms with van der Waals surface area (Å²) in [7, 11) is 1.61. The lowest BCUT2D eigenvalue weighted by Crippen LogP contribution is -2.17. The molecule has 0 saturated carbocycles. The van der Waals surface area contributed by atoms with E-state index in [1.807, 2.05) is 30.3 Å². The van der Waals surface area contributed by atoms with Crippen LogP contribution in [0.15, 0.2) is 52.7 Å². The highest BCUT2D eigenvalue weighted by Gasteiger charge is 2.09. The average molecular weight is 368 g/mol. The number of imidazole rings is 1. The van der Waals surface area contributed by atoms with Crippen molar-refractivity contribution in [2.75, 3.05) is 7.11 Å². The summed E-state index contributed by atoms with van der Waals surface area (Å²) in [6.45, 7) is 4.22. The van der Waals surface area contributed by atoms with Crippen molar-refractivity contribution in [2.45, 2.75) is 24.3 Å². The predicted molar refractivity (Wildman–Crippen MR) is 105 cm³/mol. The van der Waals surface area contributed by atoms with Crippen LogP contribution in [0.5, 0.6) is 5.75 Å². The zero-order valence-corrected chi connectivity index (χ0v) is 15.6.